The van der Waals surface area contributed by atoms with Crippen molar-refractivity contribution in [2.75, 3.05) is 0 Å². The van der Waals surface area contributed by atoms with E-state index in [2.05, 4.69) is 215 Å². The molecule has 0 spiro atoms. The first-order chi connectivity index (χ1) is 28.8. The van der Waals surface area contributed by atoms with E-state index < -0.39 is 0 Å². The van der Waals surface area contributed by atoms with Gasteiger partial charge in [-0.05, 0) is 109 Å². The van der Waals surface area contributed by atoms with Gasteiger partial charge in [0.25, 0.3) is 0 Å². The lowest BCUT2D eigenvalue weighted by atomic mass is 9.94. The molecular formula is C56H34N2. The summed E-state index contributed by atoms with van der Waals surface area (Å²) in [5.41, 5.74) is 17.4. The summed E-state index contributed by atoms with van der Waals surface area (Å²) in [5.74, 6) is 0. The summed E-state index contributed by atoms with van der Waals surface area (Å²) in [5, 5.41) is 10.2. The molecule has 0 fully saturated rings. The van der Waals surface area contributed by atoms with Crippen molar-refractivity contribution in [1.29, 1.82) is 0 Å². The summed E-state index contributed by atoms with van der Waals surface area (Å²) in [4.78, 5) is 0. The topological polar surface area (TPSA) is 9.86 Å². The van der Waals surface area contributed by atoms with E-state index in [1.807, 2.05) is 0 Å². The average molecular weight is 735 g/mol. The molecule has 2 aromatic heterocycles. The van der Waals surface area contributed by atoms with Crippen LogP contribution in [0.4, 0.5) is 0 Å². The number of aromatic nitrogens is 2. The molecule has 0 atom stereocenters. The Bertz CT molecular complexity index is 3630. The number of hydrogen-bond donors (Lipinski definition) is 0. The maximum Gasteiger partial charge on any atom is 0.0619 e. The number of benzene rings is 10. The first-order valence-corrected chi connectivity index (χ1v) is 20.1. The molecule has 0 radical (unpaired) electrons. The van der Waals surface area contributed by atoms with Crippen molar-refractivity contribution in [3.8, 4) is 55.9 Å². The molecule has 1 aliphatic rings. The van der Waals surface area contributed by atoms with E-state index >= 15 is 0 Å². The van der Waals surface area contributed by atoms with Crippen molar-refractivity contribution in [2.24, 2.45) is 0 Å². The van der Waals surface area contributed by atoms with E-state index in [-0.39, 0.29) is 0 Å². The summed E-state index contributed by atoms with van der Waals surface area (Å²) in [7, 11) is 0. The van der Waals surface area contributed by atoms with E-state index in [0.717, 1.165) is 5.69 Å². The van der Waals surface area contributed by atoms with Gasteiger partial charge in [-0.2, -0.15) is 0 Å². The fraction of sp³-hybridized carbons (Fsp3) is 0. The van der Waals surface area contributed by atoms with Crippen LogP contribution >= 0.6 is 0 Å². The molecule has 2 heteroatoms. The molecular weight excluding hydrogens is 701 g/mol. The van der Waals surface area contributed by atoms with Gasteiger partial charge in [0.1, 0.15) is 0 Å². The molecule has 0 bridgehead atoms. The second-order valence-electron chi connectivity index (χ2n) is 15.7. The number of para-hydroxylation sites is 2. The van der Waals surface area contributed by atoms with E-state index in [9.17, 15) is 0 Å². The van der Waals surface area contributed by atoms with Gasteiger partial charge in [-0.3, -0.25) is 0 Å². The summed E-state index contributed by atoms with van der Waals surface area (Å²) >= 11 is 0. The van der Waals surface area contributed by atoms with E-state index in [0.29, 0.717) is 0 Å². The lowest BCUT2D eigenvalue weighted by molar-refractivity contribution is 1.18. The highest BCUT2D eigenvalue weighted by Crippen LogP contribution is 2.49. The van der Waals surface area contributed by atoms with Crippen LogP contribution in [0, 0.1) is 0 Å². The minimum atomic E-state index is 1.15. The Morgan fingerprint density at radius 2 is 0.845 bits per heavy atom. The monoisotopic (exact) mass is 734 g/mol. The Balaban J connectivity index is 0.945. The van der Waals surface area contributed by atoms with Crippen molar-refractivity contribution in [3.05, 3.63) is 206 Å². The maximum atomic E-state index is 2.45. The summed E-state index contributed by atoms with van der Waals surface area (Å²) in [6.07, 6.45) is 0. The summed E-state index contributed by atoms with van der Waals surface area (Å²) in [6.45, 7) is 0. The Morgan fingerprint density at radius 1 is 0.259 bits per heavy atom. The van der Waals surface area contributed by atoms with Crippen molar-refractivity contribution < 1.29 is 0 Å². The standard InChI is InChI=1S/C56H34N2/c1-2-12-39(13-3-1)58-54-34-38(24-28-46(54)50-29-23-35-11-4-5-14-42(35)56(50)58)37-25-32-53-51(33-37)45-17-8-9-20-52(45)57(53)40-26-21-36(22-27-40)41-30-31-49-44-16-7-6-15-43(44)48-19-10-18-47(41)55(48)49/h1-34H. The van der Waals surface area contributed by atoms with Crippen LogP contribution in [-0.4, -0.2) is 9.13 Å². The van der Waals surface area contributed by atoms with Crippen LogP contribution in [0.2, 0.25) is 0 Å². The van der Waals surface area contributed by atoms with E-state index in [4.69, 9.17) is 0 Å². The van der Waals surface area contributed by atoms with Gasteiger partial charge in [0.15, 0.2) is 0 Å². The smallest absolute Gasteiger partial charge is 0.0619 e. The van der Waals surface area contributed by atoms with Crippen LogP contribution in [0.25, 0.3) is 121 Å². The van der Waals surface area contributed by atoms with Crippen molar-refractivity contribution >= 4 is 65.2 Å². The second-order valence-corrected chi connectivity index (χ2v) is 15.7. The maximum absolute atomic E-state index is 2.45. The number of nitrogens with zero attached hydrogens (tertiary/aromatic N) is 2. The molecule has 0 N–H and O–H groups in total. The Kier molecular flexibility index (Phi) is 6.47. The van der Waals surface area contributed by atoms with Crippen LogP contribution in [0.1, 0.15) is 0 Å². The molecule has 12 aromatic rings. The molecule has 0 aliphatic heterocycles. The fourth-order valence-electron chi connectivity index (χ4n) is 10.1. The zero-order valence-electron chi connectivity index (χ0n) is 31.5. The van der Waals surface area contributed by atoms with Crippen LogP contribution in [-0.2, 0) is 0 Å². The van der Waals surface area contributed by atoms with Gasteiger partial charge in [-0.25, -0.2) is 0 Å². The van der Waals surface area contributed by atoms with Gasteiger partial charge < -0.3 is 9.13 Å². The van der Waals surface area contributed by atoms with Gasteiger partial charge in [0, 0.05) is 38.3 Å². The molecule has 2 nitrogen and oxygen atoms in total. The summed E-state index contributed by atoms with van der Waals surface area (Å²) in [6, 6.07) is 76.2. The third-order valence-electron chi connectivity index (χ3n) is 12.7. The predicted octanol–water partition coefficient (Wildman–Crippen LogP) is 15.2. The minimum Gasteiger partial charge on any atom is -0.309 e. The van der Waals surface area contributed by atoms with Gasteiger partial charge in [0.05, 0.1) is 22.1 Å². The zero-order valence-corrected chi connectivity index (χ0v) is 31.5. The van der Waals surface area contributed by atoms with Crippen molar-refractivity contribution in [2.45, 2.75) is 0 Å². The molecule has 13 rings (SSSR count). The van der Waals surface area contributed by atoms with E-state index in [1.165, 1.54) is 115 Å². The number of rotatable bonds is 4. The predicted molar refractivity (Wildman–Crippen MR) is 245 cm³/mol. The Labute approximate surface area is 335 Å². The van der Waals surface area contributed by atoms with Gasteiger partial charge in [0.2, 0.25) is 0 Å². The minimum absolute atomic E-state index is 1.15. The molecule has 268 valence electrons. The third-order valence-corrected chi connectivity index (χ3v) is 12.7. The third kappa shape index (κ3) is 4.37. The van der Waals surface area contributed by atoms with Crippen molar-refractivity contribution in [3.63, 3.8) is 0 Å². The number of fused-ring (bicyclic) bond motifs is 11. The molecule has 1 aliphatic carbocycles. The Morgan fingerprint density at radius 3 is 1.71 bits per heavy atom. The summed E-state index contributed by atoms with van der Waals surface area (Å²) < 4.78 is 4.87. The molecule has 2 heterocycles. The normalized spacial score (nSPS) is 12.1. The van der Waals surface area contributed by atoms with Gasteiger partial charge >= 0.3 is 0 Å². The highest BCUT2D eigenvalue weighted by Gasteiger charge is 2.23. The molecule has 10 aromatic carbocycles. The molecule has 0 saturated heterocycles. The molecule has 0 unspecified atom stereocenters. The highest BCUT2D eigenvalue weighted by molar-refractivity contribution is 6.20. The zero-order chi connectivity index (χ0) is 37.9. The fourth-order valence-corrected chi connectivity index (χ4v) is 10.1. The number of hydrogen-bond acceptors (Lipinski definition) is 0. The van der Waals surface area contributed by atoms with Crippen LogP contribution in [0.3, 0.4) is 0 Å². The van der Waals surface area contributed by atoms with E-state index in [1.54, 1.807) is 0 Å². The average Bonchev–Trinajstić information content (AvgIpc) is 3.93. The SMILES string of the molecule is c1ccc(-n2c3cc(-c4ccc5c(c4)c4ccccc4n5-c4ccc(-c5ccc6c7c(cccc57)-c5ccccc5-6)cc4)ccc3c3ccc4ccccc4c32)cc1. The largest absolute Gasteiger partial charge is 0.309 e. The lowest BCUT2D eigenvalue weighted by Crippen LogP contribution is -1.94. The van der Waals surface area contributed by atoms with Gasteiger partial charge in [-0.1, -0.05) is 158 Å². The molecule has 0 saturated carbocycles. The molecule has 58 heavy (non-hydrogen) atoms. The Hall–Kier alpha value is -7.68. The molecule has 0 amide bonds. The van der Waals surface area contributed by atoms with Crippen LogP contribution in [0.15, 0.2) is 206 Å². The first-order valence-electron chi connectivity index (χ1n) is 20.1. The quantitative estimate of drug-likeness (QED) is 0.170. The highest BCUT2D eigenvalue weighted by atomic mass is 15.0. The lowest BCUT2D eigenvalue weighted by Gasteiger charge is -2.12. The van der Waals surface area contributed by atoms with Crippen LogP contribution < -0.4 is 0 Å². The second kappa shape index (κ2) is 11.9. The van der Waals surface area contributed by atoms with Crippen molar-refractivity contribution in [1.82, 2.24) is 9.13 Å². The van der Waals surface area contributed by atoms with Crippen LogP contribution in [0.5, 0.6) is 0 Å². The first kappa shape index (κ1) is 31.5. The van der Waals surface area contributed by atoms with Gasteiger partial charge in [-0.15, -0.1) is 0 Å².